The van der Waals surface area contributed by atoms with Gasteiger partial charge in [0.1, 0.15) is 11.7 Å². The van der Waals surface area contributed by atoms with Gasteiger partial charge in [-0.15, -0.1) is 0 Å². The van der Waals surface area contributed by atoms with E-state index < -0.39 is 0 Å². The summed E-state index contributed by atoms with van der Waals surface area (Å²) >= 11 is 0. The van der Waals surface area contributed by atoms with Crippen LogP contribution in [0, 0.1) is 19.3 Å². The minimum absolute atomic E-state index is 0.103. The first kappa shape index (κ1) is 16.5. The summed E-state index contributed by atoms with van der Waals surface area (Å²) in [5, 5.41) is 7.85. The van der Waals surface area contributed by atoms with E-state index in [1.165, 1.54) is 12.8 Å². The number of hydrogen-bond acceptors (Lipinski definition) is 3. The Balaban J connectivity index is 3.21. The molecule has 1 aromatic heterocycles. The molecule has 1 heterocycles. The molecule has 0 spiro atoms. The topological polar surface area (TPSA) is 66.0 Å². The average molecular weight is 276 g/mol. The maximum absolute atomic E-state index is 7.85. The van der Waals surface area contributed by atoms with Crippen LogP contribution in [0.25, 0.3) is 0 Å². The molecule has 0 aliphatic heterocycles. The SMILES string of the molecule is CCCCCN(c1nc(C)cc(C)c1C(=N)N)C(C)C. The van der Waals surface area contributed by atoms with Crippen molar-refractivity contribution < 1.29 is 0 Å². The molecule has 0 unspecified atom stereocenters. The Hall–Kier alpha value is -1.58. The van der Waals surface area contributed by atoms with Gasteiger partial charge in [-0.3, -0.25) is 5.41 Å². The maximum atomic E-state index is 7.85. The number of nitrogens with two attached hydrogens (primary N) is 1. The summed E-state index contributed by atoms with van der Waals surface area (Å²) in [4.78, 5) is 6.93. The third kappa shape index (κ3) is 3.95. The first-order valence-electron chi connectivity index (χ1n) is 7.47. The first-order valence-corrected chi connectivity index (χ1v) is 7.47. The molecule has 0 bridgehead atoms. The second-order valence-electron chi connectivity index (χ2n) is 5.69. The number of amidine groups is 1. The molecule has 0 saturated heterocycles. The lowest BCUT2D eigenvalue weighted by Gasteiger charge is -2.30. The van der Waals surface area contributed by atoms with Crippen LogP contribution < -0.4 is 10.6 Å². The third-order valence-electron chi connectivity index (χ3n) is 3.49. The molecule has 20 heavy (non-hydrogen) atoms. The summed E-state index contributed by atoms with van der Waals surface area (Å²) < 4.78 is 0. The van der Waals surface area contributed by atoms with Crippen molar-refractivity contribution in [2.45, 2.75) is 59.9 Å². The first-order chi connectivity index (χ1) is 9.38. The molecule has 0 aliphatic carbocycles. The monoisotopic (exact) mass is 276 g/mol. The zero-order valence-electron chi connectivity index (χ0n) is 13.5. The summed E-state index contributed by atoms with van der Waals surface area (Å²) in [6.07, 6.45) is 3.55. The Kier molecular flexibility index (Phi) is 5.99. The molecule has 0 amide bonds. The number of aryl methyl sites for hydroxylation is 2. The van der Waals surface area contributed by atoms with E-state index in [1.807, 2.05) is 19.9 Å². The van der Waals surface area contributed by atoms with Gasteiger partial charge in [0.15, 0.2) is 0 Å². The quantitative estimate of drug-likeness (QED) is 0.456. The second-order valence-corrected chi connectivity index (χ2v) is 5.69. The van der Waals surface area contributed by atoms with E-state index in [-0.39, 0.29) is 5.84 Å². The van der Waals surface area contributed by atoms with Crippen molar-refractivity contribution in [3.63, 3.8) is 0 Å². The van der Waals surface area contributed by atoms with Gasteiger partial charge in [-0.25, -0.2) is 4.98 Å². The van der Waals surface area contributed by atoms with Crippen molar-refractivity contribution in [2.75, 3.05) is 11.4 Å². The number of nitrogens with zero attached hydrogens (tertiary/aromatic N) is 2. The highest BCUT2D eigenvalue weighted by Crippen LogP contribution is 2.24. The lowest BCUT2D eigenvalue weighted by molar-refractivity contribution is 0.618. The van der Waals surface area contributed by atoms with Crippen LogP contribution in [0.3, 0.4) is 0 Å². The number of aromatic nitrogens is 1. The number of unbranched alkanes of at least 4 members (excludes halogenated alkanes) is 2. The van der Waals surface area contributed by atoms with Crippen molar-refractivity contribution in [3.8, 4) is 0 Å². The van der Waals surface area contributed by atoms with Crippen LogP contribution in [0.2, 0.25) is 0 Å². The Labute approximate surface area is 122 Å². The van der Waals surface area contributed by atoms with E-state index in [2.05, 4.69) is 30.7 Å². The molecule has 0 radical (unpaired) electrons. The minimum Gasteiger partial charge on any atom is -0.384 e. The molecular formula is C16H28N4. The summed E-state index contributed by atoms with van der Waals surface area (Å²) in [7, 11) is 0. The van der Waals surface area contributed by atoms with E-state index in [9.17, 15) is 0 Å². The van der Waals surface area contributed by atoms with E-state index in [4.69, 9.17) is 11.1 Å². The lowest BCUT2D eigenvalue weighted by atomic mass is 10.1. The zero-order valence-corrected chi connectivity index (χ0v) is 13.5. The van der Waals surface area contributed by atoms with E-state index in [0.717, 1.165) is 35.6 Å². The van der Waals surface area contributed by atoms with Gasteiger partial charge in [0.25, 0.3) is 0 Å². The Morgan fingerprint density at radius 3 is 2.50 bits per heavy atom. The molecule has 0 aromatic carbocycles. The Morgan fingerprint density at radius 2 is 2.00 bits per heavy atom. The Morgan fingerprint density at radius 1 is 1.35 bits per heavy atom. The van der Waals surface area contributed by atoms with Crippen molar-refractivity contribution in [1.29, 1.82) is 5.41 Å². The zero-order chi connectivity index (χ0) is 15.3. The maximum Gasteiger partial charge on any atom is 0.140 e. The molecule has 0 aliphatic rings. The van der Waals surface area contributed by atoms with E-state index >= 15 is 0 Å². The van der Waals surface area contributed by atoms with Gasteiger partial charge in [0.2, 0.25) is 0 Å². The smallest absolute Gasteiger partial charge is 0.140 e. The summed E-state index contributed by atoms with van der Waals surface area (Å²) in [5.41, 5.74) is 8.56. The van der Waals surface area contributed by atoms with Crippen LogP contribution in [0.5, 0.6) is 0 Å². The van der Waals surface area contributed by atoms with Crippen molar-refractivity contribution in [1.82, 2.24) is 4.98 Å². The average Bonchev–Trinajstić information content (AvgIpc) is 2.32. The van der Waals surface area contributed by atoms with Gasteiger partial charge in [0.05, 0.1) is 5.56 Å². The predicted octanol–water partition coefficient (Wildman–Crippen LogP) is 3.39. The molecule has 112 valence electrons. The molecule has 0 fully saturated rings. The van der Waals surface area contributed by atoms with Crippen LogP contribution in [-0.2, 0) is 0 Å². The number of pyridine rings is 1. The van der Waals surface area contributed by atoms with Gasteiger partial charge in [-0.1, -0.05) is 19.8 Å². The third-order valence-corrected chi connectivity index (χ3v) is 3.49. The largest absolute Gasteiger partial charge is 0.384 e. The highest BCUT2D eigenvalue weighted by molar-refractivity contribution is 6.01. The van der Waals surface area contributed by atoms with E-state index in [1.54, 1.807) is 0 Å². The number of anilines is 1. The molecule has 0 saturated carbocycles. The fourth-order valence-electron chi connectivity index (χ4n) is 2.50. The summed E-state index contributed by atoms with van der Waals surface area (Å²) in [6, 6.07) is 2.34. The standard InChI is InChI=1S/C16H28N4/c1-6-7-8-9-20(11(2)3)16-14(15(17)18)12(4)10-13(5)19-16/h10-11H,6-9H2,1-5H3,(H3,17,18). The van der Waals surface area contributed by atoms with Crippen LogP contribution in [-0.4, -0.2) is 23.4 Å². The van der Waals surface area contributed by atoms with Gasteiger partial charge in [-0.05, 0) is 45.7 Å². The highest BCUT2D eigenvalue weighted by atomic mass is 15.2. The highest BCUT2D eigenvalue weighted by Gasteiger charge is 2.19. The van der Waals surface area contributed by atoms with Crippen molar-refractivity contribution in [3.05, 3.63) is 22.9 Å². The van der Waals surface area contributed by atoms with Gasteiger partial charge in [0, 0.05) is 18.3 Å². The molecule has 4 nitrogen and oxygen atoms in total. The number of nitrogens with one attached hydrogen (secondary N) is 1. The summed E-state index contributed by atoms with van der Waals surface area (Å²) in [6.45, 7) is 11.5. The molecule has 1 aromatic rings. The van der Waals surface area contributed by atoms with Crippen LogP contribution in [0.1, 0.15) is 56.9 Å². The van der Waals surface area contributed by atoms with Gasteiger partial charge in [-0.2, -0.15) is 0 Å². The normalized spacial score (nSPS) is 10.9. The molecular weight excluding hydrogens is 248 g/mol. The fourth-order valence-corrected chi connectivity index (χ4v) is 2.50. The van der Waals surface area contributed by atoms with E-state index in [0.29, 0.717) is 6.04 Å². The molecule has 1 rings (SSSR count). The fraction of sp³-hybridized carbons (Fsp3) is 0.625. The number of nitrogen functional groups attached to an aromatic ring is 1. The molecule has 0 atom stereocenters. The number of rotatable bonds is 7. The molecule has 4 heteroatoms. The predicted molar refractivity (Wildman–Crippen MR) is 86.7 cm³/mol. The van der Waals surface area contributed by atoms with Gasteiger partial charge < -0.3 is 10.6 Å². The van der Waals surface area contributed by atoms with Crippen LogP contribution in [0.4, 0.5) is 5.82 Å². The van der Waals surface area contributed by atoms with Crippen LogP contribution >= 0.6 is 0 Å². The minimum atomic E-state index is 0.103. The Bertz CT molecular complexity index is 466. The molecule has 3 N–H and O–H groups in total. The summed E-state index contributed by atoms with van der Waals surface area (Å²) in [5.74, 6) is 0.965. The lowest BCUT2D eigenvalue weighted by Crippen LogP contribution is -2.35. The van der Waals surface area contributed by atoms with Crippen molar-refractivity contribution in [2.24, 2.45) is 5.73 Å². The van der Waals surface area contributed by atoms with Crippen molar-refractivity contribution >= 4 is 11.7 Å². The van der Waals surface area contributed by atoms with Crippen LogP contribution in [0.15, 0.2) is 6.07 Å². The number of hydrogen-bond donors (Lipinski definition) is 2. The second kappa shape index (κ2) is 7.27. The van der Waals surface area contributed by atoms with Gasteiger partial charge >= 0.3 is 0 Å².